The molecule has 7 nitrogen and oxygen atoms in total. The van der Waals surface area contributed by atoms with E-state index in [1.54, 1.807) is 12.1 Å². The minimum absolute atomic E-state index is 0. The number of fused-ring (bicyclic) bond motifs is 1. The maximum atomic E-state index is 5.92. The first-order chi connectivity index (χ1) is 14.7. The summed E-state index contributed by atoms with van der Waals surface area (Å²) >= 11 is 5.92. The quantitative estimate of drug-likeness (QED) is 0.259. The fourth-order valence-corrected chi connectivity index (χ4v) is 3.37. The first-order valence-corrected chi connectivity index (χ1v) is 10.4. The summed E-state index contributed by atoms with van der Waals surface area (Å²) in [5.74, 6) is 2.71. The lowest BCUT2D eigenvalue weighted by atomic mass is 10.1. The number of halogens is 2. The third-order valence-corrected chi connectivity index (χ3v) is 5.00. The van der Waals surface area contributed by atoms with Crippen molar-refractivity contribution in [2.45, 2.75) is 26.3 Å². The highest BCUT2D eigenvalue weighted by molar-refractivity contribution is 14.0. The molecule has 0 spiro atoms. The first kappa shape index (κ1) is 23.3. The van der Waals surface area contributed by atoms with Gasteiger partial charge in [-0.2, -0.15) is 4.98 Å². The van der Waals surface area contributed by atoms with E-state index >= 15 is 0 Å². The molecule has 0 fully saturated rings. The number of guanidine groups is 1. The number of ether oxygens (including phenoxy) is 1. The van der Waals surface area contributed by atoms with Crippen molar-refractivity contribution < 1.29 is 9.26 Å². The Balaban J connectivity index is 0.00000272. The second-order valence-corrected chi connectivity index (χ2v) is 7.37. The Hall–Kier alpha value is -2.33. The molecule has 4 rings (SSSR count). The van der Waals surface area contributed by atoms with Crippen LogP contribution in [0.25, 0.3) is 11.4 Å². The van der Waals surface area contributed by atoms with E-state index in [9.17, 15) is 0 Å². The van der Waals surface area contributed by atoms with Crippen molar-refractivity contribution in [2.24, 2.45) is 4.99 Å². The van der Waals surface area contributed by atoms with Crippen LogP contribution in [-0.4, -0.2) is 35.8 Å². The predicted octanol–water partition coefficient (Wildman–Crippen LogP) is 4.24. The number of benzene rings is 2. The number of aliphatic imine (C=N–C) groups is 1. The molecule has 9 heteroatoms. The van der Waals surface area contributed by atoms with Crippen LogP contribution < -0.4 is 15.4 Å². The Morgan fingerprint density at radius 1 is 1.16 bits per heavy atom. The molecule has 0 saturated heterocycles. The number of rotatable bonds is 7. The van der Waals surface area contributed by atoms with Gasteiger partial charge in [-0.05, 0) is 54.8 Å². The van der Waals surface area contributed by atoms with Crippen LogP contribution in [-0.2, 0) is 19.4 Å². The fourth-order valence-electron chi connectivity index (χ4n) is 3.24. The van der Waals surface area contributed by atoms with E-state index in [2.05, 4.69) is 44.0 Å². The number of nitrogens with zero attached hydrogens (tertiary/aromatic N) is 3. The van der Waals surface area contributed by atoms with Crippen LogP contribution in [0.15, 0.2) is 52.0 Å². The van der Waals surface area contributed by atoms with Gasteiger partial charge in [-0.1, -0.05) is 28.9 Å². The normalized spacial score (nSPS) is 12.6. The zero-order valence-electron chi connectivity index (χ0n) is 17.2. The molecule has 1 aliphatic heterocycles. The average Bonchev–Trinajstić information content (AvgIpc) is 3.42. The molecule has 1 aromatic heterocycles. The van der Waals surface area contributed by atoms with Crippen LogP contribution in [0.5, 0.6) is 5.75 Å². The van der Waals surface area contributed by atoms with Crippen molar-refractivity contribution in [3.05, 3.63) is 64.5 Å². The number of aromatic nitrogens is 2. The van der Waals surface area contributed by atoms with Crippen LogP contribution in [0.4, 0.5) is 0 Å². The van der Waals surface area contributed by atoms with Crippen molar-refractivity contribution in [1.82, 2.24) is 20.8 Å². The highest BCUT2D eigenvalue weighted by atomic mass is 127. The van der Waals surface area contributed by atoms with Gasteiger partial charge in [0.25, 0.3) is 0 Å². The van der Waals surface area contributed by atoms with E-state index in [1.807, 2.05) is 19.1 Å². The molecule has 0 aliphatic carbocycles. The lowest BCUT2D eigenvalue weighted by Gasteiger charge is -2.11. The first-order valence-electron chi connectivity index (χ1n) is 10.1. The molecule has 31 heavy (non-hydrogen) atoms. The van der Waals surface area contributed by atoms with Gasteiger partial charge in [0.2, 0.25) is 11.7 Å². The van der Waals surface area contributed by atoms with Crippen LogP contribution in [0.2, 0.25) is 5.02 Å². The number of hydrogen-bond donors (Lipinski definition) is 2. The predicted molar refractivity (Wildman–Crippen MR) is 132 cm³/mol. The summed E-state index contributed by atoms with van der Waals surface area (Å²) in [5, 5.41) is 11.3. The van der Waals surface area contributed by atoms with Crippen molar-refractivity contribution in [2.75, 3.05) is 19.7 Å². The molecular formula is C22H25ClIN5O2. The zero-order chi connectivity index (χ0) is 20.8. The average molecular weight is 554 g/mol. The molecule has 2 aromatic carbocycles. The van der Waals surface area contributed by atoms with Crippen LogP contribution in [0, 0.1) is 0 Å². The van der Waals surface area contributed by atoms with E-state index < -0.39 is 0 Å². The minimum Gasteiger partial charge on any atom is -0.493 e. The van der Waals surface area contributed by atoms with Crippen LogP contribution >= 0.6 is 35.6 Å². The molecule has 2 heterocycles. The van der Waals surface area contributed by atoms with E-state index in [0.717, 1.165) is 43.9 Å². The Bertz CT molecular complexity index is 1020. The monoisotopic (exact) mass is 553 g/mol. The van der Waals surface area contributed by atoms with Gasteiger partial charge >= 0.3 is 0 Å². The Morgan fingerprint density at radius 3 is 2.81 bits per heavy atom. The lowest BCUT2D eigenvalue weighted by Crippen LogP contribution is -2.38. The Morgan fingerprint density at radius 2 is 2.00 bits per heavy atom. The Kier molecular flexibility index (Phi) is 8.53. The van der Waals surface area contributed by atoms with Crippen molar-refractivity contribution in [3.63, 3.8) is 0 Å². The molecule has 1 aliphatic rings. The highest BCUT2D eigenvalue weighted by Gasteiger charge is 2.12. The molecule has 0 radical (unpaired) electrons. The van der Waals surface area contributed by atoms with Gasteiger partial charge in [0.15, 0.2) is 5.96 Å². The highest BCUT2D eigenvalue weighted by Crippen LogP contribution is 2.25. The largest absolute Gasteiger partial charge is 0.493 e. The molecule has 0 bridgehead atoms. The topological polar surface area (TPSA) is 84.6 Å². The van der Waals surface area contributed by atoms with Crippen molar-refractivity contribution in [3.8, 4) is 17.1 Å². The molecule has 0 saturated carbocycles. The van der Waals surface area contributed by atoms with Gasteiger partial charge in [-0.25, -0.2) is 4.99 Å². The smallest absolute Gasteiger partial charge is 0.248 e. The lowest BCUT2D eigenvalue weighted by molar-refractivity contribution is 0.357. The molecule has 0 amide bonds. The second-order valence-electron chi connectivity index (χ2n) is 6.93. The van der Waals surface area contributed by atoms with Gasteiger partial charge in [0.05, 0.1) is 6.61 Å². The maximum absolute atomic E-state index is 5.92. The summed E-state index contributed by atoms with van der Waals surface area (Å²) in [6.45, 7) is 4.64. The molecule has 164 valence electrons. The van der Waals surface area contributed by atoms with Crippen LogP contribution in [0.3, 0.4) is 0 Å². The fraction of sp³-hybridized carbons (Fsp3) is 0.318. The SMILES string of the molecule is CCNC(=NCc1nc(-c2ccc(Cl)cc2)no1)NCCc1ccc2c(c1)CCO2.I. The van der Waals surface area contributed by atoms with Gasteiger partial charge < -0.3 is 19.9 Å². The van der Waals surface area contributed by atoms with E-state index in [0.29, 0.717) is 29.2 Å². The number of hydrogen-bond acceptors (Lipinski definition) is 5. The third-order valence-electron chi connectivity index (χ3n) is 4.75. The molecule has 0 unspecified atom stereocenters. The molecule has 0 atom stereocenters. The summed E-state index contributed by atoms with van der Waals surface area (Å²) < 4.78 is 10.9. The van der Waals surface area contributed by atoms with E-state index in [4.69, 9.17) is 20.9 Å². The summed E-state index contributed by atoms with van der Waals surface area (Å²) in [7, 11) is 0. The van der Waals surface area contributed by atoms with Gasteiger partial charge in [0.1, 0.15) is 12.3 Å². The van der Waals surface area contributed by atoms with Gasteiger partial charge in [-0.15, -0.1) is 24.0 Å². The zero-order valence-corrected chi connectivity index (χ0v) is 20.3. The molecule has 3 aromatic rings. The summed E-state index contributed by atoms with van der Waals surface area (Å²) in [6.07, 6.45) is 1.89. The van der Waals surface area contributed by atoms with E-state index in [-0.39, 0.29) is 24.0 Å². The standard InChI is InChI=1S/C22H24ClN5O2.HI/c1-2-24-22(25-11-9-15-3-8-19-17(13-15)10-12-29-19)26-14-20-27-21(28-30-20)16-4-6-18(23)7-5-16;/h3-8,13H,2,9-12,14H2,1H3,(H2,24,25,26);1H. The Labute approximate surface area is 203 Å². The van der Waals surface area contributed by atoms with Crippen molar-refractivity contribution >= 4 is 41.5 Å². The van der Waals surface area contributed by atoms with Crippen LogP contribution in [0.1, 0.15) is 23.9 Å². The number of nitrogens with one attached hydrogen (secondary N) is 2. The molecule has 2 N–H and O–H groups in total. The second kappa shape index (κ2) is 11.3. The minimum atomic E-state index is 0. The molecular weight excluding hydrogens is 529 g/mol. The summed E-state index contributed by atoms with van der Waals surface area (Å²) in [4.78, 5) is 8.96. The van der Waals surface area contributed by atoms with Gasteiger partial charge in [0, 0.05) is 30.1 Å². The summed E-state index contributed by atoms with van der Waals surface area (Å²) in [6, 6.07) is 13.7. The third kappa shape index (κ3) is 6.33. The van der Waals surface area contributed by atoms with Gasteiger partial charge in [-0.3, -0.25) is 0 Å². The van der Waals surface area contributed by atoms with E-state index in [1.165, 1.54) is 11.1 Å². The summed E-state index contributed by atoms with van der Waals surface area (Å²) in [5.41, 5.74) is 3.43. The van der Waals surface area contributed by atoms with Crippen molar-refractivity contribution in [1.29, 1.82) is 0 Å². The maximum Gasteiger partial charge on any atom is 0.248 e.